The second-order valence-corrected chi connectivity index (χ2v) is 4.61. The van der Waals surface area contributed by atoms with Gasteiger partial charge in [0, 0.05) is 13.1 Å². The number of aryl methyl sites for hydroxylation is 2. The molecule has 2 N–H and O–H groups in total. The molecule has 0 bridgehead atoms. The quantitative estimate of drug-likeness (QED) is 0.744. The van der Waals surface area contributed by atoms with Crippen LogP contribution in [-0.2, 0) is 0 Å². The van der Waals surface area contributed by atoms with Crippen LogP contribution in [0.15, 0.2) is 18.2 Å². The third kappa shape index (κ3) is 5.64. The van der Waals surface area contributed by atoms with Crippen molar-refractivity contribution in [3.8, 4) is 5.75 Å². The van der Waals surface area contributed by atoms with Crippen molar-refractivity contribution in [1.29, 1.82) is 0 Å². The summed E-state index contributed by atoms with van der Waals surface area (Å²) < 4.78 is 5.76. The van der Waals surface area contributed by atoms with E-state index < -0.39 is 0 Å². The topological polar surface area (TPSA) is 50.4 Å². The minimum atomic E-state index is -0.103. The van der Waals surface area contributed by atoms with E-state index in [4.69, 9.17) is 4.74 Å². The predicted octanol–water partition coefficient (Wildman–Crippen LogP) is 2.78. The van der Waals surface area contributed by atoms with Crippen LogP contribution in [0.5, 0.6) is 5.75 Å². The summed E-state index contributed by atoms with van der Waals surface area (Å²) in [6.45, 7) is 8.06. The first-order valence-corrected chi connectivity index (χ1v) is 6.86. The van der Waals surface area contributed by atoms with Gasteiger partial charge >= 0.3 is 6.03 Å². The summed E-state index contributed by atoms with van der Waals surface area (Å²) in [5, 5.41) is 5.57. The zero-order chi connectivity index (χ0) is 14.1. The van der Waals surface area contributed by atoms with Crippen LogP contribution in [0, 0.1) is 13.8 Å². The van der Waals surface area contributed by atoms with Crippen molar-refractivity contribution in [1.82, 2.24) is 10.6 Å². The fourth-order valence-corrected chi connectivity index (χ4v) is 1.78. The molecule has 4 heteroatoms. The lowest BCUT2D eigenvalue weighted by atomic mass is 10.1. The van der Waals surface area contributed by atoms with Gasteiger partial charge in [-0.2, -0.15) is 0 Å². The van der Waals surface area contributed by atoms with Crippen molar-refractivity contribution < 1.29 is 9.53 Å². The van der Waals surface area contributed by atoms with Gasteiger partial charge in [-0.05, 0) is 37.8 Å². The standard InChI is InChI=1S/C15H24N2O2/c1-4-9-16-15(18)17-10-6-11-19-14-12(2)7-5-8-13(14)3/h5,7-8H,4,6,9-11H2,1-3H3,(H2,16,17,18). The van der Waals surface area contributed by atoms with Crippen molar-refractivity contribution in [2.75, 3.05) is 19.7 Å². The molecule has 0 atom stereocenters. The predicted molar refractivity (Wildman–Crippen MR) is 77.7 cm³/mol. The van der Waals surface area contributed by atoms with Gasteiger partial charge < -0.3 is 15.4 Å². The van der Waals surface area contributed by atoms with Crippen LogP contribution >= 0.6 is 0 Å². The molecule has 106 valence electrons. The Hall–Kier alpha value is -1.71. The molecule has 1 rings (SSSR count). The number of urea groups is 1. The smallest absolute Gasteiger partial charge is 0.314 e. The van der Waals surface area contributed by atoms with Crippen molar-refractivity contribution in [2.24, 2.45) is 0 Å². The summed E-state index contributed by atoms with van der Waals surface area (Å²) in [6.07, 6.45) is 1.75. The molecule has 0 aromatic heterocycles. The van der Waals surface area contributed by atoms with Gasteiger partial charge in [-0.15, -0.1) is 0 Å². The fraction of sp³-hybridized carbons (Fsp3) is 0.533. The minimum Gasteiger partial charge on any atom is -0.493 e. The molecule has 0 aliphatic rings. The molecule has 4 nitrogen and oxygen atoms in total. The maximum absolute atomic E-state index is 11.3. The second kappa shape index (κ2) is 8.40. The maximum Gasteiger partial charge on any atom is 0.314 e. The van der Waals surface area contributed by atoms with Crippen molar-refractivity contribution >= 4 is 6.03 Å². The first-order chi connectivity index (χ1) is 9.15. The Balaban J connectivity index is 2.19. The third-order valence-electron chi connectivity index (χ3n) is 2.80. The highest BCUT2D eigenvalue weighted by atomic mass is 16.5. The Bertz CT molecular complexity index is 385. The lowest BCUT2D eigenvalue weighted by molar-refractivity contribution is 0.239. The number of hydrogen-bond acceptors (Lipinski definition) is 2. The van der Waals surface area contributed by atoms with E-state index in [1.54, 1.807) is 0 Å². The highest BCUT2D eigenvalue weighted by molar-refractivity contribution is 5.73. The Morgan fingerprint density at radius 3 is 2.42 bits per heavy atom. The van der Waals surface area contributed by atoms with Crippen LogP contribution in [0.2, 0.25) is 0 Å². The van der Waals surface area contributed by atoms with E-state index in [0.717, 1.165) is 29.7 Å². The molecule has 0 aliphatic carbocycles. The first kappa shape index (κ1) is 15.3. The number of rotatable bonds is 7. The zero-order valence-electron chi connectivity index (χ0n) is 12.1. The number of carbonyl (C=O) groups excluding carboxylic acids is 1. The van der Waals surface area contributed by atoms with Crippen molar-refractivity contribution in [3.63, 3.8) is 0 Å². The fourth-order valence-electron chi connectivity index (χ4n) is 1.78. The normalized spacial score (nSPS) is 10.1. The summed E-state index contributed by atoms with van der Waals surface area (Å²) in [7, 11) is 0. The monoisotopic (exact) mass is 264 g/mol. The van der Waals surface area contributed by atoms with Gasteiger partial charge in [0.25, 0.3) is 0 Å². The molecule has 0 radical (unpaired) electrons. The summed E-state index contributed by atoms with van der Waals surface area (Å²) in [5.41, 5.74) is 2.29. The summed E-state index contributed by atoms with van der Waals surface area (Å²) in [5.74, 6) is 0.956. The average Bonchev–Trinajstić information content (AvgIpc) is 2.39. The number of para-hydroxylation sites is 1. The van der Waals surface area contributed by atoms with Crippen LogP contribution in [0.3, 0.4) is 0 Å². The van der Waals surface area contributed by atoms with Gasteiger partial charge in [0.05, 0.1) is 6.61 Å². The molecule has 0 fully saturated rings. The minimum absolute atomic E-state index is 0.103. The van der Waals surface area contributed by atoms with Gasteiger partial charge in [-0.25, -0.2) is 4.79 Å². The molecule has 1 aromatic carbocycles. The van der Waals surface area contributed by atoms with Gasteiger partial charge in [-0.1, -0.05) is 25.1 Å². The van der Waals surface area contributed by atoms with Crippen molar-refractivity contribution in [3.05, 3.63) is 29.3 Å². The molecule has 0 saturated heterocycles. The van der Waals surface area contributed by atoms with E-state index in [-0.39, 0.29) is 6.03 Å². The van der Waals surface area contributed by atoms with E-state index in [2.05, 4.69) is 10.6 Å². The van der Waals surface area contributed by atoms with E-state index in [9.17, 15) is 4.79 Å². The van der Waals surface area contributed by atoms with E-state index >= 15 is 0 Å². The van der Waals surface area contributed by atoms with Gasteiger partial charge in [0.1, 0.15) is 5.75 Å². The van der Waals surface area contributed by atoms with E-state index in [0.29, 0.717) is 19.7 Å². The van der Waals surface area contributed by atoms with E-state index in [1.807, 2.05) is 39.0 Å². The molecule has 0 spiro atoms. The molecule has 19 heavy (non-hydrogen) atoms. The Kier molecular flexibility index (Phi) is 6.79. The molecule has 0 heterocycles. The van der Waals surface area contributed by atoms with E-state index in [1.165, 1.54) is 0 Å². The van der Waals surface area contributed by atoms with Crippen LogP contribution in [0.4, 0.5) is 4.79 Å². The molecular weight excluding hydrogens is 240 g/mol. The Morgan fingerprint density at radius 2 is 1.79 bits per heavy atom. The average molecular weight is 264 g/mol. The third-order valence-corrected chi connectivity index (χ3v) is 2.80. The maximum atomic E-state index is 11.3. The summed E-state index contributed by atoms with van der Waals surface area (Å²) >= 11 is 0. The number of benzene rings is 1. The molecule has 1 aromatic rings. The lowest BCUT2D eigenvalue weighted by Gasteiger charge is -2.12. The van der Waals surface area contributed by atoms with Gasteiger partial charge in [0.15, 0.2) is 0 Å². The SMILES string of the molecule is CCCNC(=O)NCCCOc1c(C)cccc1C. The number of nitrogens with one attached hydrogen (secondary N) is 2. The molecular formula is C15H24N2O2. The van der Waals surface area contributed by atoms with Crippen LogP contribution in [0.1, 0.15) is 30.9 Å². The highest BCUT2D eigenvalue weighted by Gasteiger charge is 2.03. The number of amides is 2. The lowest BCUT2D eigenvalue weighted by Crippen LogP contribution is -2.36. The number of carbonyl (C=O) groups is 1. The largest absolute Gasteiger partial charge is 0.493 e. The molecule has 2 amide bonds. The molecule has 0 aliphatic heterocycles. The number of hydrogen-bond donors (Lipinski definition) is 2. The second-order valence-electron chi connectivity index (χ2n) is 4.61. The van der Waals surface area contributed by atoms with Crippen LogP contribution < -0.4 is 15.4 Å². The van der Waals surface area contributed by atoms with Crippen LogP contribution in [0.25, 0.3) is 0 Å². The zero-order valence-corrected chi connectivity index (χ0v) is 12.1. The summed E-state index contributed by atoms with van der Waals surface area (Å²) in [4.78, 5) is 11.3. The Morgan fingerprint density at radius 1 is 1.16 bits per heavy atom. The highest BCUT2D eigenvalue weighted by Crippen LogP contribution is 2.22. The molecule has 0 saturated carbocycles. The number of ether oxygens (including phenoxy) is 1. The molecule has 0 unspecified atom stereocenters. The van der Waals surface area contributed by atoms with Crippen LogP contribution in [-0.4, -0.2) is 25.7 Å². The van der Waals surface area contributed by atoms with Gasteiger partial charge in [-0.3, -0.25) is 0 Å². The van der Waals surface area contributed by atoms with Gasteiger partial charge in [0.2, 0.25) is 0 Å². The first-order valence-electron chi connectivity index (χ1n) is 6.86. The van der Waals surface area contributed by atoms with Crippen molar-refractivity contribution in [2.45, 2.75) is 33.6 Å². The Labute approximate surface area is 115 Å². The summed E-state index contributed by atoms with van der Waals surface area (Å²) in [6, 6.07) is 6.00.